The van der Waals surface area contributed by atoms with E-state index in [4.69, 9.17) is 9.72 Å². The highest BCUT2D eigenvalue weighted by Gasteiger charge is 2.26. The zero-order valence-corrected chi connectivity index (χ0v) is 23.3. The molecule has 204 valence electrons. The van der Waals surface area contributed by atoms with Crippen molar-refractivity contribution in [1.29, 1.82) is 0 Å². The van der Waals surface area contributed by atoms with Gasteiger partial charge in [-0.05, 0) is 73.4 Å². The summed E-state index contributed by atoms with van der Waals surface area (Å²) in [5.74, 6) is 0.979. The Morgan fingerprint density at radius 2 is 1.77 bits per heavy atom. The van der Waals surface area contributed by atoms with Gasteiger partial charge in [0.1, 0.15) is 12.4 Å². The number of carbonyl (C=O) groups is 1. The molecule has 7 nitrogen and oxygen atoms in total. The smallest absolute Gasteiger partial charge is 0.254 e. The molecule has 1 fully saturated rings. The van der Waals surface area contributed by atoms with E-state index in [1.807, 2.05) is 68.5 Å². The SMILES string of the molecule is C[C@@H]1C(=O)N(C)CCCN1CCOc1ccc(-c2ccc3cc(-c4cn(C)c(=O)c5c4C=CC5)ccc3n2)cc1. The van der Waals surface area contributed by atoms with E-state index in [0.717, 1.165) is 76.2 Å². The third-order valence-electron chi connectivity index (χ3n) is 8.14. The van der Waals surface area contributed by atoms with E-state index in [2.05, 4.69) is 35.3 Å². The van der Waals surface area contributed by atoms with Gasteiger partial charge in [-0.2, -0.15) is 0 Å². The molecule has 1 saturated heterocycles. The summed E-state index contributed by atoms with van der Waals surface area (Å²) < 4.78 is 7.69. The van der Waals surface area contributed by atoms with Gasteiger partial charge in [-0.15, -0.1) is 0 Å². The molecule has 2 aliphatic rings. The number of carbonyl (C=O) groups excluding carboxylic acids is 1. The number of aromatic nitrogens is 2. The number of hydrogen-bond acceptors (Lipinski definition) is 5. The maximum Gasteiger partial charge on any atom is 0.254 e. The number of hydrogen-bond donors (Lipinski definition) is 0. The summed E-state index contributed by atoms with van der Waals surface area (Å²) in [4.78, 5) is 33.9. The Kier molecular flexibility index (Phi) is 6.98. The van der Waals surface area contributed by atoms with Crippen LogP contribution in [-0.2, 0) is 18.3 Å². The second-order valence-corrected chi connectivity index (χ2v) is 10.8. The number of rotatable bonds is 6. The summed E-state index contributed by atoms with van der Waals surface area (Å²) in [7, 11) is 3.69. The lowest BCUT2D eigenvalue weighted by Crippen LogP contribution is -2.44. The van der Waals surface area contributed by atoms with Gasteiger partial charge >= 0.3 is 0 Å². The van der Waals surface area contributed by atoms with E-state index >= 15 is 0 Å². The Labute approximate surface area is 234 Å². The lowest BCUT2D eigenvalue weighted by Gasteiger charge is -2.26. The predicted octanol–water partition coefficient (Wildman–Crippen LogP) is 4.77. The first-order chi connectivity index (χ1) is 19.4. The molecule has 1 amide bonds. The van der Waals surface area contributed by atoms with Crippen LogP contribution in [0.2, 0.25) is 0 Å². The van der Waals surface area contributed by atoms with E-state index in [1.165, 1.54) is 0 Å². The summed E-state index contributed by atoms with van der Waals surface area (Å²) in [6, 6.07) is 18.3. The molecule has 0 radical (unpaired) electrons. The molecule has 40 heavy (non-hydrogen) atoms. The summed E-state index contributed by atoms with van der Waals surface area (Å²) in [6.45, 7) is 4.94. The van der Waals surface area contributed by atoms with E-state index in [-0.39, 0.29) is 17.5 Å². The number of nitrogens with zero attached hydrogens (tertiary/aromatic N) is 4. The zero-order chi connectivity index (χ0) is 27.8. The molecule has 4 aromatic rings. The number of fused-ring (bicyclic) bond motifs is 2. The number of amides is 1. The third-order valence-corrected chi connectivity index (χ3v) is 8.14. The van der Waals surface area contributed by atoms with Gasteiger partial charge in [-0.25, -0.2) is 4.98 Å². The molecular formula is C33H34N4O3. The highest BCUT2D eigenvalue weighted by atomic mass is 16.5. The molecule has 7 heteroatoms. The van der Waals surface area contributed by atoms with Gasteiger partial charge in [0, 0.05) is 62.0 Å². The molecule has 1 aliphatic carbocycles. The minimum Gasteiger partial charge on any atom is -0.492 e. The first-order valence-corrected chi connectivity index (χ1v) is 13.9. The second-order valence-electron chi connectivity index (χ2n) is 10.8. The van der Waals surface area contributed by atoms with Crippen molar-refractivity contribution in [2.45, 2.75) is 25.8 Å². The average Bonchev–Trinajstić information content (AvgIpc) is 3.43. The van der Waals surface area contributed by atoms with Crippen LogP contribution in [0.25, 0.3) is 39.4 Å². The van der Waals surface area contributed by atoms with Crippen LogP contribution in [0.1, 0.15) is 24.5 Å². The van der Waals surface area contributed by atoms with Crippen molar-refractivity contribution in [2.75, 3.05) is 33.3 Å². The van der Waals surface area contributed by atoms with Gasteiger partial charge in [0.15, 0.2) is 0 Å². The molecule has 2 aromatic heterocycles. The molecule has 1 atom stereocenters. The number of likely N-dealkylation sites (N-methyl/N-ethyl adjacent to an activating group) is 1. The molecule has 0 N–H and O–H groups in total. The Bertz CT molecular complexity index is 1670. The van der Waals surface area contributed by atoms with Gasteiger partial charge in [0.25, 0.3) is 5.56 Å². The number of benzene rings is 2. The second kappa shape index (κ2) is 10.7. The van der Waals surface area contributed by atoms with Gasteiger partial charge in [0.05, 0.1) is 17.3 Å². The van der Waals surface area contributed by atoms with Crippen LogP contribution >= 0.6 is 0 Å². The van der Waals surface area contributed by atoms with Crippen molar-refractivity contribution < 1.29 is 9.53 Å². The van der Waals surface area contributed by atoms with Crippen molar-refractivity contribution >= 4 is 22.9 Å². The molecule has 0 bridgehead atoms. The Morgan fingerprint density at radius 1 is 0.975 bits per heavy atom. The maximum atomic E-state index is 12.5. The molecule has 0 saturated carbocycles. The fourth-order valence-corrected chi connectivity index (χ4v) is 5.78. The lowest BCUT2D eigenvalue weighted by atomic mass is 9.98. The first kappa shape index (κ1) is 26.0. The Morgan fingerprint density at radius 3 is 2.60 bits per heavy atom. The van der Waals surface area contributed by atoms with E-state index < -0.39 is 0 Å². The summed E-state index contributed by atoms with van der Waals surface area (Å²) in [5.41, 5.74) is 6.95. The average molecular weight is 535 g/mol. The molecule has 6 rings (SSSR count). The fraction of sp³-hybridized carbons (Fsp3) is 0.303. The van der Waals surface area contributed by atoms with Crippen LogP contribution in [-0.4, -0.2) is 64.6 Å². The van der Waals surface area contributed by atoms with Gasteiger partial charge < -0.3 is 14.2 Å². The van der Waals surface area contributed by atoms with E-state index in [1.54, 1.807) is 4.57 Å². The van der Waals surface area contributed by atoms with Crippen molar-refractivity contribution in [3.63, 3.8) is 0 Å². The third kappa shape index (κ3) is 4.93. The van der Waals surface area contributed by atoms with Crippen LogP contribution in [0.3, 0.4) is 0 Å². The van der Waals surface area contributed by atoms with Crippen LogP contribution in [0.15, 0.2) is 71.7 Å². The Balaban J connectivity index is 1.15. The molecule has 2 aromatic carbocycles. The largest absolute Gasteiger partial charge is 0.492 e. The zero-order valence-electron chi connectivity index (χ0n) is 23.3. The molecular weight excluding hydrogens is 500 g/mol. The summed E-state index contributed by atoms with van der Waals surface area (Å²) in [6.07, 6.45) is 7.71. The summed E-state index contributed by atoms with van der Waals surface area (Å²) in [5, 5.41) is 1.05. The quantitative estimate of drug-likeness (QED) is 0.357. The topological polar surface area (TPSA) is 67.7 Å². The van der Waals surface area contributed by atoms with Crippen LogP contribution < -0.4 is 10.3 Å². The van der Waals surface area contributed by atoms with Crippen molar-refractivity contribution in [3.8, 4) is 28.1 Å². The fourth-order valence-electron chi connectivity index (χ4n) is 5.78. The summed E-state index contributed by atoms with van der Waals surface area (Å²) >= 11 is 0. The normalized spacial score (nSPS) is 17.3. The first-order valence-electron chi connectivity index (χ1n) is 13.9. The number of pyridine rings is 2. The Hall–Kier alpha value is -4.23. The highest BCUT2D eigenvalue weighted by Crippen LogP contribution is 2.32. The minimum absolute atomic E-state index is 0.0730. The lowest BCUT2D eigenvalue weighted by molar-refractivity contribution is -0.133. The van der Waals surface area contributed by atoms with Gasteiger partial charge in [-0.3, -0.25) is 14.5 Å². The number of allylic oxidation sites excluding steroid dienone is 1. The highest BCUT2D eigenvalue weighted by molar-refractivity contribution is 5.89. The van der Waals surface area contributed by atoms with Crippen molar-refractivity contribution in [2.24, 2.45) is 7.05 Å². The van der Waals surface area contributed by atoms with E-state index in [9.17, 15) is 9.59 Å². The molecule has 1 aliphatic heterocycles. The predicted molar refractivity (Wildman–Crippen MR) is 159 cm³/mol. The van der Waals surface area contributed by atoms with Gasteiger partial charge in [-0.1, -0.05) is 24.3 Å². The molecule has 0 spiro atoms. The van der Waals surface area contributed by atoms with Gasteiger partial charge in [0.2, 0.25) is 5.91 Å². The minimum atomic E-state index is -0.118. The number of aryl methyl sites for hydroxylation is 1. The van der Waals surface area contributed by atoms with Crippen LogP contribution in [0, 0.1) is 0 Å². The maximum absolute atomic E-state index is 12.5. The van der Waals surface area contributed by atoms with E-state index in [0.29, 0.717) is 13.0 Å². The van der Waals surface area contributed by atoms with Crippen LogP contribution in [0.4, 0.5) is 0 Å². The van der Waals surface area contributed by atoms with Crippen LogP contribution in [0.5, 0.6) is 5.75 Å². The molecule has 3 heterocycles. The standard InChI is InChI=1S/C33H34N4O3/c1-22-32(38)35(2)16-5-17-37(22)18-19-40-26-12-8-23(9-13-26)30-15-11-25-20-24(10-14-31(25)34-30)29-21-36(3)33(39)28-7-4-6-27(28)29/h4,6,8-15,20-22H,5,7,16-19H2,1-3H3/t22-/m1/s1. The molecule has 0 unspecified atom stereocenters. The van der Waals surface area contributed by atoms with Crippen molar-refractivity contribution in [1.82, 2.24) is 19.4 Å². The number of ether oxygens (including phenoxy) is 1. The monoisotopic (exact) mass is 534 g/mol. The van der Waals surface area contributed by atoms with Crippen molar-refractivity contribution in [3.05, 3.63) is 88.4 Å².